The minimum atomic E-state index is -3.13. The van der Waals surface area contributed by atoms with E-state index in [4.69, 9.17) is 4.98 Å². The number of aromatic nitrogens is 4. The lowest BCUT2D eigenvalue weighted by Gasteiger charge is -2.18. The van der Waals surface area contributed by atoms with Crippen LogP contribution in [0.4, 0.5) is 5.82 Å². The molecule has 1 atom stereocenters. The average molecular weight is 434 g/mol. The molecular formula is C23H23N5O2S. The fourth-order valence-corrected chi connectivity index (χ4v) is 4.64. The van der Waals surface area contributed by atoms with Crippen LogP contribution in [0, 0.1) is 5.92 Å². The highest BCUT2D eigenvalue weighted by atomic mass is 32.2. The Balaban J connectivity index is 1.64. The molecule has 4 aromatic rings. The molecule has 0 saturated heterocycles. The molecule has 0 aliphatic heterocycles. The van der Waals surface area contributed by atoms with Gasteiger partial charge in [0.1, 0.15) is 15.7 Å². The van der Waals surface area contributed by atoms with Crippen LogP contribution in [0.2, 0.25) is 0 Å². The first kappa shape index (κ1) is 20.9. The number of pyridine rings is 2. The van der Waals surface area contributed by atoms with Gasteiger partial charge in [-0.2, -0.15) is 0 Å². The highest BCUT2D eigenvalue weighted by molar-refractivity contribution is 7.90. The molecule has 8 heteroatoms. The third-order valence-electron chi connectivity index (χ3n) is 4.90. The maximum atomic E-state index is 12.0. The number of anilines is 1. The Bertz CT molecular complexity index is 1270. The molecule has 0 radical (unpaired) electrons. The second-order valence-electron chi connectivity index (χ2n) is 7.55. The molecule has 1 N–H and O–H groups in total. The molecule has 0 fully saturated rings. The van der Waals surface area contributed by atoms with E-state index in [1.165, 1.54) is 6.26 Å². The predicted octanol–water partition coefficient (Wildman–Crippen LogP) is 3.40. The van der Waals surface area contributed by atoms with Crippen molar-refractivity contribution in [2.45, 2.75) is 6.42 Å². The van der Waals surface area contributed by atoms with Crippen LogP contribution in [0.15, 0.2) is 73.3 Å². The van der Waals surface area contributed by atoms with Gasteiger partial charge >= 0.3 is 0 Å². The second kappa shape index (κ2) is 9.18. The van der Waals surface area contributed by atoms with Crippen molar-refractivity contribution in [1.82, 2.24) is 19.9 Å². The summed E-state index contributed by atoms with van der Waals surface area (Å²) in [4.78, 5) is 17.6. The largest absolute Gasteiger partial charge is 0.369 e. The molecule has 7 nitrogen and oxygen atoms in total. The van der Waals surface area contributed by atoms with Gasteiger partial charge < -0.3 is 5.32 Å². The van der Waals surface area contributed by atoms with Gasteiger partial charge in [-0.1, -0.05) is 30.3 Å². The number of hydrogen-bond acceptors (Lipinski definition) is 7. The van der Waals surface area contributed by atoms with Crippen molar-refractivity contribution in [3.05, 3.63) is 78.9 Å². The number of hydrogen-bond donors (Lipinski definition) is 1. The first-order valence-corrected chi connectivity index (χ1v) is 12.0. The van der Waals surface area contributed by atoms with Gasteiger partial charge in [0.05, 0.1) is 17.5 Å². The molecular weight excluding hydrogens is 410 g/mol. The first-order valence-electron chi connectivity index (χ1n) is 9.95. The van der Waals surface area contributed by atoms with Gasteiger partial charge in [-0.15, -0.1) is 0 Å². The molecule has 0 unspecified atom stereocenters. The Labute approximate surface area is 181 Å². The number of nitrogens with one attached hydrogen (secondary N) is 1. The molecule has 158 valence electrons. The van der Waals surface area contributed by atoms with Crippen LogP contribution in [0.1, 0.15) is 5.56 Å². The Morgan fingerprint density at radius 1 is 0.935 bits per heavy atom. The van der Waals surface area contributed by atoms with Crippen LogP contribution in [0.3, 0.4) is 0 Å². The van der Waals surface area contributed by atoms with E-state index in [2.05, 4.69) is 20.3 Å². The topological polar surface area (TPSA) is 97.7 Å². The number of rotatable bonds is 8. The quantitative estimate of drug-likeness (QED) is 0.455. The molecule has 0 amide bonds. The standard InChI is InChI=1S/C23H23N5O2S/c1-31(29,30)16-18(13-17-5-3-2-4-6-17)14-26-23-20-9-12-25-15-21(20)27-22(28-23)19-7-10-24-11-8-19/h2-12,15,18H,13-14,16H2,1H3,(H,26,27,28)/t18-/m0/s1. The fraction of sp³-hybridized carbons (Fsp3) is 0.217. The Kier molecular flexibility index (Phi) is 6.18. The normalized spacial score (nSPS) is 12.5. The van der Waals surface area contributed by atoms with E-state index in [1.54, 1.807) is 24.8 Å². The highest BCUT2D eigenvalue weighted by Gasteiger charge is 2.18. The summed E-state index contributed by atoms with van der Waals surface area (Å²) in [7, 11) is -3.13. The summed E-state index contributed by atoms with van der Waals surface area (Å²) in [6.07, 6.45) is 8.72. The molecule has 31 heavy (non-hydrogen) atoms. The number of sulfone groups is 1. The van der Waals surface area contributed by atoms with Crippen LogP contribution in [0.25, 0.3) is 22.3 Å². The van der Waals surface area contributed by atoms with Gasteiger partial charge in [0.2, 0.25) is 0 Å². The summed E-state index contributed by atoms with van der Waals surface area (Å²) in [6.45, 7) is 0.464. The molecule has 1 aromatic carbocycles. The zero-order valence-corrected chi connectivity index (χ0v) is 18.0. The minimum Gasteiger partial charge on any atom is -0.369 e. The Hall–Kier alpha value is -3.39. The Morgan fingerprint density at radius 3 is 2.42 bits per heavy atom. The van der Waals surface area contributed by atoms with Gasteiger partial charge in [0.25, 0.3) is 0 Å². The molecule has 0 saturated carbocycles. The van der Waals surface area contributed by atoms with Crippen molar-refractivity contribution in [2.75, 3.05) is 23.9 Å². The third-order valence-corrected chi connectivity index (χ3v) is 5.98. The van der Waals surface area contributed by atoms with Gasteiger partial charge in [-0.3, -0.25) is 9.97 Å². The van der Waals surface area contributed by atoms with E-state index in [9.17, 15) is 8.42 Å². The lowest BCUT2D eigenvalue weighted by Crippen LogP contribution is -2.25. The number of benzene rings is 1. The number of fused-ring (bicyclic) bond motifs is 1. The van der Waals surface area contributed by atoms with Crippen LogP contribution >= 0.6 is 0 Å². The van der Waals surface area contributed by atoms with E-state index < -0.39 is 9.84 Å². The van der Waals surface area contributed by atoms with E-state index in [-0.39, 0.29) is 11.7 Å². The van der Waals surface area contributed by atoms with Crippen LogP contribution < -0.4 is 5.32 Å². The van der Waals surface area contributed by atoms with Crippen LogP contribution in [-0.4, -0.2) is 46.9 Å². The summed E-state index contributed by atoms with van der Waals surface area (Å²) in [6, 6.07) is 15.5. The third kappa shape index (κ3) is 5.61. The minimum absolute atomic E-state index is 0.0939. The zero-order valence-electron chi connectivity index (χ0n) is 17.1. The maximum absolute atomic E-state index is 12.0. The summed E-state index contributed by atoms with van der Waals surface area (Å²) in [5, 5.41) is 4.22. The predicted molar refractivity (Wildman–Crippen MR) is 122 cm³/mol. The average Bonchev–Trinajstić information content (AvgIpc) is 2.77. The molecule has 0 aliphatic carbocycles. The summed E-state index contributed by atoms with van der Waals surface area (Å²) in [5.41, 5.74) is 2.67. The monoisotopic (exact) mass is 433 g/mol. The Morgan fingerprint density at radius 2 is 1.68 bits per heavy atom. The van der Waals surface area contributed by atoms with Crippen molar-refractivity contribution >= 4 is 26.6 Å². The van der Waals surface area contributed by atoms with Gasteiger partial charge in [-0.25, -0.2) is 18.4 Å². The SMILES string of the molecule is CS(=O)(=O)C[C@H](CNc1nc(-c2ccncc2)nc2cnccc12)Cc1ccccc1. The van der Waals surface area contributed by atoms with Crippen molar-refractivity contribution in [3.63, 3.8) is 0 Å². The van der Waals surface area contributed by atoms with Gasteiger partial charge in [0.15, 0.2) is 5.82 Å². The van der Waals surface area contributed by atoms with Crippen LogP contribution in [0.5, 0.6) is 0 Å². The van der Waals surface area contributed by atoms with Crippen molar-refractivity contribution in [2.24, 2.45) is 5.92 Å². The molecule has 0 spiro atoms. The van der Waals surface area contributed by atoms with Crippen molar-refractivity contribution < 1.29 is 8.42 Å². The molecule has 0 aliphatic rings. The lowest BCUT2D eigenvalue weighted by molar-refractivity contribution is 0.564. The van der Waals surface area contributed by atoms with Crippen LogP contribution in [-0.2, 0) is 16.3 Å². The van der Waals surface area contributed by atoms with E-state index >= 15 is 0 Å². The molecule has 0 bridgehead atoms. The van der Waals surface area contributed by atoms with E-state index in [0.717, 1.165) is 22.0 Å². The summed E-state index contributed by atoms with van der Waals surface area (Å²) < 4.78 is 24.1. The first-order chi connectivity index (χ1) is 15.0. The summed E-state index contributed by atoms with van der Waals surface area (Å²) >= 11 is 0. The molecule has 3 aromatic heterocycles. The van der Waals surface area contributed by atoms with E-state index in [0.29, 0.717) is 24.6 Å². The molecule has 4 rings (SSSR count). The highest BCUT2D eigenvalue weighted by Crippen LogP contribution is 2.24. The zero-order chi connectivity index (χ0) is 21.7. The number of nitrogens with zero attached hydrogens (tertiary/aromatic N) is 4. The van der Waals surface area contributed by atoms with Crippen molar-refractivity contribution in [1.29, 1.82) is 0 Å². The smallest absolute Gasteiger partial charge is 0.162 e. The molecule has 3 heterocycles. The maximum Gasteiger partial charge on any atom is 0.162 e. The lowest BCUT2D eigenvalue weighted by atomic mass is 10.0. The second-order valence-corrected chi connectivity index (χ2v) is 9.74. The van der Waals surface area contributed by atoms with Gasteiger partial charge in [0, 0.05) is 42.3 Å². The van der Waals surface area contributed by atoms with Crippen molar-refractivity contribution in [3.8, 4) is 11.4 Å². The van der Waals surface area contributed by atoms with Gasteiger partial charge in [-0.05, 0) is 36.1 Å². The van der Waals surface area contributed by atoms with E-state index in [1.807, 2.05) is 48.5 Å². The summed E-state index contributed by atoms with van der Waals surface area (Å²) in [5.74, 6) is 1.21. The fourth-order valence-electron chi connectivity index (χ4n) is 3.55.